The molecule has 150 valence electrons. The summed E-state index contributed by atoms with van der Waals surface area (Å²) < 4.78 is 12.2. The number of nitriles is 2. The van der Waals surface area contributed by atoms with Crippen LogP contribution in [-0.4, -0.2) is 9.97 Å². The number of benzene rings is 3. The van der Waals surface area contributed by atoms with E-state index >= 15 is 0 Å². The van der Waals surface area contributed by atoms with Crippen LogP contribution in [0, 0.1) is 22.7 Å². The summed E-state index contributed by atoms with van der Waals surface area (Å²) in [6.07, 6.45) is 3.46. The molecule has 2 aromatic heterocycles. The summed E-state index contributed by atoms with van der Waals surface area (Å²) in [6, 6.07) is 25.7. The number of pyridine rings is 2. The van der Waals surface area contributed by atoms with Crippen molar-refractivity contribution in [2.24, 2.45) is 0 Å². The molecule has 0 saturated carbocycles. The molecule has 0 fully saturated rings. The summed E-state index contributed by atoms with van der Waals surface area (Å²) in [7, 11) is 0. The smallest absolute Gasteiger partial charge is 0.171 e. The summed E-state index contributed by atoms with van der Waals surface area (Å²) in [4.78, 5) is 8.63. The number of rotatable bonds is 4. The van der Waals surface area contributed by atoms with E-state index in [1.165, 1.54) is 12.1 Å². The molecular weight excluding hydrogens is 400 g/mol. The van der Waals surface area contributed by atoms with Crippen molar-refractivity contribution in [2.75, 3.05) is 0 Å². The van der Waals surface area contributed by atoms with Gasteiger partial charge >= 0.3 is 0 Å². The highest BCUT2D eigenvalue weighted by molar-refractivity contribution is 5.81. The van der Waals surface area contributed by atoms with Crippen molar-refractivity contribution < 1.29 is 9.47 Å². The van der Waals surface area contributed by atoms with Crippen molar-refractivity contribution in [3.8, 4) is 35.1 Å². The van der Waals surface area contributed by atoms with E-state index in [0.717, 1.165) is 21.8 Å². The van der Waals surface area contributed by atoms with E-state index in [1.807, 2.05) is 60.7 Å². The van der Waals surface area contributed by atoms with Gasteiger partial charge in [-0.3, -0.25) is 9.97 Å². The van der Waals surface area contributed by atoms with Crippen LogP contribution in [-0.2, 0) is 0 Å². The van der Waals surface area contributed by atoms with Crippen LogP contribution >= 0.6 is 0 Å². The quantitative estimate of drug-likeness (QED) is 0.352. The first kappa shape index (κ1) is 19.0. The Labute approximate surface area is 183 Å². The summed E-state index contributed by atoms with van der Waals surface area (Å²) in [5, 5.41) is 20.8. The van der Waals surface area contributed by atoms with E-state index in [0.29, 0.717) is 23.0 Å². The van der Waals surface area contributed by atoms with Crippen molar-refractivity contribution >= 4 is 21.8 Å². The number of ether oxygens (including phenoxy) is 2. The molecule has 6 nitrogen and oxygen atoms in total. The van der Waals surface area contributed by atoms with Gasteiger partial charge in [0.25, 0.3) is 0 Å². The van der Waals surface area contributed by atoms with Gasteiger partial charge in [0.2, 0.25) is 0 Å². The minimum absolute atomic E-state index is 0.208. The normalized spacial score (nSPS) is 10.4. The number of aromatic nitrogens is 2. The highest BCUT2D eigenvalue weighted by atomic mass is 16.5. The van der Waals surface area contributed by atoms with Crippen LogP contribution in [0.4, 0.5) is 0 Å². The summed E-state index contributed by atoms with van der Waals surface area (Å²) in [5.41, 5.74) is 2.11. The second-order valence-corrected chi connectivity index (χ2v) is 6.99. The Morgan fingerprint density at radius 3 is 1.50 bits per heavy atom. The van der Waals surface area contributed by atoms with Crippen LogP contribution in [0.15, 0.2) is 85.2 Å². The molecule has 0 aliphatic carbocycles. The van der Waals surface area contributed by atoms with Crippen molar-refractivity contribution in [2.45, 2.75) is 0 Å². The first-order valence-corrected chi connectivity index (χ1v) is 9.77. The first-order valence-electron chi connectivity index (χ1n) is 9.77. The van der Waals surface area contributed by atoms with Gasteiger partial charge in [0.1, 0.15) is 23.6 Å². The first-order chi connectivity index (χ1) is 15.7. The second-order valence-electron chi connectivity index (χ2n) is 6.99. The van der Waals surface area contributed by atoms with Gasteiger partial charge in [0, 0.05) is 35.3 Å². The molecule has 3 aromatic carbocycles. The van der Waals surface area contributed by atoms with Crippen LogP contribution in [0.1, 0.15) is 11.1 Å². The average molecular weight is 414 g/mol. The fourth-order valence-electron chi connectivity index (χ4n) is 3.39. The highest BCUT2D eigenvalue weighted by Gasteiger charge is 2.15. The Balaban J connectivity index is 1.57. The molecule has 0 atom stereocenters. The zero-order valence-electron chi connectivity index (χ0n) is 16.7. The summed E-state index contributed by atoms with van der Waals surface area (Å²) in [5.74, 6) is 1.78. The van der Waals surface area contributed by atoms with Crippen LogP contribution in [0.2, 0.25) is 0 Å². The van der Waals surface area contributed by atoms with Gasteiger partial charge in [-0.2, -0.15) is 10.5 Å². The van der Waals surface area contributed by atoms with E-state index in [1.54, 1.807) is 24.5 Å². The minimum Gasteiger partial charge on any atom is -0.453 e. The summed E-state index contributed by atoms with van der Waals surface area (Å²) in [6.45, 7) is 0. The molecular formula is C26H14N4O2. The number of nitrogens with zero attached hydrogens (tertiary/aromatic N) is 4. The predicted molar refractivity (Wildman–Crippen MR) is 120 cm³/mol. The Kier molecular flexibility index (Phi) is 4.80. The maximum absolute atomic E-state index is 9.47. The van der Waals surface area contributed by atoms with Gasteiger partial charge in [-0.25, -0.2) is 0 Å². The Morgan fingerprint density at radius 2 is 1.06 bits per heavy atom. The van der Waals surface area contributed by atoms with Crippen molar-refractivity contribution in [3.63, 3.8) is 0 Å². The number of hydrogen-bond donors (Lipinski definition) is 0. The molecule has 0 amide bonds. The Morgan fingerprint density at radius 1 is 0.594 bits per heavy atom. The third kappa shape index (κ3) is 3.65. The van der Waals surface area contributed by atoms with Gasteiger partial charge < -0.3 is 9.47 Å². The molecule has 0 bridgehead atoms. The van der Waals surface area contributed by atoms with Crippen LogP contribution < -0.4 is 9.47 Å². The Bertz CT molecular complexity index is 1450. The molecule has 6 heteroatoms. The van der Waals surface area contributed by atoms with Crippen LogP contribution in [0.3, 0.4) is 0 Å². The van der Waals surface area contributed by atoms with E-state index < -0.39 is 0 Å². The zero-order valence-corrected chi connectivity index (χ0v) is 16.7. The van der Waals surface area contributed by atoms with Crippen LogP contribution in [0.5, 0.6) is 23.0 Å². The maximum Gasteiger partial charge on any atom is 0.171 e. The Hall–Kier alpha value is -4.94. The standard InChI is InChI=1S/C26H14N4O2/c27-15-19-13-25(31-21-5-7-23-17(11-21)3-1-9-29-23)26(14-20(19)16-28)32-22-6-8-24-18(12-22)4-2-10-30-24/h1-14H. The lowest BCUT2D eigenvalue weighted by molar-refractivity contribution is 0.419. The molecule has 0 radical (unpaired) electrons. The summed E-state index contributed by atoms with van der Waals surface area (Å²) >= 11 is 0. The third-order valence-corrected chi connectivity index (χ3v) is 4.93. The molecule has 5 rings (SSSR count). The fraction of sp³-hybridized carbons (Fsp3) is 0. The monoisotopic (exact) mass is 414 g/mol. The molecule has 0 aliphatic rings. The lowest BCUT2D eigenvalue weighted by Gasteiger charge is -2.14. The largest absolute Gasteiger partial charge is 0.453 e. The highest BCUT2D eigenvalue weighted by Crippen LogP contribution is 2.38. The van der Waals surface area contributed by atoms with Gasteiger partial charge in [-0.15, -0.1) is 0 Å². The molecule has 0 unspecified atom stereocenters. The number of fused-ring (bicyclic) bond motifs is 2. The fourth-order valence-corrected chi connectivity index (χ4v) is 3.39. The predicted octanol–water partition coefficient (Wildman–Crippen LogP) is 6.11. The molecule has 32 heavy (non-hydrogen) atoms. The van der Waals surface area contributed by atoms with E-state index in [9.17, 15) is 10.5 Å². The maximum atomic E-state index is 9.47. The lowest BCUT2D eigenvalue weighted by Crippen LogP contribution is -1.95. The van der Waals surface area contributed by atoms with E-state index in [2.05, 4.69) is 9.97 Å². The van der Waals surface area contributed by atoms with Gasteiger partial charge in [-0.05, 0) is 48.5 Å². The van der Waals surface area contributed by atoms with Crippen molar-refractivity contribution in [3.05, 3.63) is 96.3 Å². The average Bonchev–Trinajstić information content (AvgIpc) is 2.84. The third-order valence-electron chi connectivity index (χ3n) is 4.93. The van der Waals surface area contributed by atoms with Gasteiger partial charge in [0.05, 0.1) is 22.2 Å². The van der Waals surface area contributed by atoms with Gasteiger partial charge in [-0.1, -0.05) is 12.1 Å². The number of hydrogen-bond acceptors (Lipinski definition) is 6. The molecule has 0 saturated heterocycles. The lowest BCUT2D eigenvalue weighted by atomic mass is 10.1. The van der Waals surface area contributed by atoms with Crippen LogP contribution in [0.25, 0.3) is 21.8 Å². The topological polar surface area (TPSA) is 91.8 Å². The van der Waals surface area contributed by atoms with Crippen molar-refractivity contribution in [1.29, 1.82) is 10.5 Å². The molecule has 0 N–H and O–H groups in total. The molecule has 0 aliphatic heterocycles. The molecule has 0 spiro atoms. The second kappa shape index (κ2) is 8.06. The molecule has 2 heterocycles. The molecule has 5 aromatic rings. The van der Waals surface area contributed by atoms with Crippen molar-refractivity contribution in [1.82, 2.24) is 9.97 Å². The van der Waals surface area contributed by atoms with E-state index in [-0.39, 0.29) is 11.1 Å². The zero-order chi connectivity index (χ0) is 21.9. The minimum atomic E-state index is 0.208. The van der Waals surface area contributed by atoms with Gasteiger partial charge in [0.15, 0.2) is 11.5 Å². The van der Waals surface area contributed by atoms with E-state index in [4.69, 9.17) is 9.47 Å². The SMILES string of the molecule is N#Cc1cc(Oc2ccc3ncccc3c2)c(Oc2ccc3ncccc3c2)cc1C#N.